The van der Waals surface area contributed by atoms with Gasteiger partial charge in [-0.15, -0.1) is 0 Å². The Hall–Kier alpha value is -4.41. The van der Waals surface area contributed by atoms with E-state index in [0.717, 1.165) is 12.1 Å². The lowest BCUT2D eigenvalue weighted by molar-refractivity contribution is -0.137. The molecule has 3 aromatic rings. The number of methoxy groups -OCH3 is 2. The molecular formula is C32H35F3O8. The van der Waals surface area contributed by atoms with Crippen molar-refractivity contribution in [2.75, 3.05) is 27.4 Å². The van der Waals surface area contributed by atoms with Gasteiger partial charge >= 0.3 is 18.1 Å². The molecule has 1 N–H and O–H groups in total. The van der Waals surface area contributed by atoms with Crippen LogP contribution in [-0.4, -0.2) is 44.5 Å². The summed E-state index contributed by atoms with van der Waals surface area (Å²) in [5, 5.41) is 9.69. The summed E-state index contributed by atoms with van der Waals surface area (Å²) in [5.74, 6) is -0.399. The lowest BCUT2D eigenvalue weighted by Gasteiger charge is -2.22. The third-order valence-electron chi connectivity index (χ3n) is 7.39. The second-order valence-electron chi connectivity index (χ2n) is 9.99. The SMILES string of the molecule is COc1c(C)c(OCCCOc2ccc(C(F)(F)F)cc2)c(C)c(C)c1OC(=O)c1c(C)c(C)c(C(=O)O)c(OC)c1C. The van der Waals surface area contributed by atoms with E-state index in [1.807, 2.05) is 6.92 Å². The molecule has 232 valence electrons. The van der Waals surface area contributed by atoms with E-state index in [1.165, 1.54) is 26.4 Å². The van der Waals surface area contributed by atoms with Crippen LogP contribution in [0.5, 0.6) is 28.7 Å². The van der Waals surface area contributed by atoms with E-state index in [9.17, 15) is 27.9 Å². The Kier molecular flexibility index (Phi) is 10.2. The number of rotatable bonds is 11. The standard InChI is InChI=1S/C32H35F3O8/c1-16-17(2)25(30(36)37)27(39-7)20(5)24(16)31(38)43-29-19(4)18(3)26(21(6)28(29)40-8)42-15-9-14-41-23-12-10-22(11-13-23)32(33,34)35/h10-13H,9,14-15H2,1-8H3,(H,36,37). The van der Waals surface area contributed by atoms with Crippen LogP contribution in [0, 0.1) is 41.5 Å². The summed E-state index contributed by atoms with van der Waals surface area (Å²) in [6.07, 6.45) is -3.96. The Morgan fingerprint density at radius 2 is 1.21 bits per heavy atom. The number of carbonyl (C=O) groups is 2. The lowest BCUT2D eigenvalue weighted by Crippen LogP contribution is -2.18. The number of alkyl halides is 3. The van der Waals surface area contributed by atoms with Crippen molar-refractivity contribution in [3.8, 4) is 28.7 Å². The highest BCUT2D eigenvalue weighted by Gasteiger charge is 2.31. The van der Waals surface area contributed by atoms with Gasteiger partial charge in [-0.1, -0.05) is 0 Å². The maximum Gasteiger partial charge on any atom is 0.416 e. The molecule has 0 radical (unpaired) electrons. The number of esters is 1. The molecule has 0 aliphatic carbocycles. The predicted octanol–water partition coefficient (Wildman–Crippen LogP) is 7.34. The molecule has 0 fully saturated rings. The quantitative estimate of drug-likeness (QED) is 0.138. The Morgan fingerprint density at radius 1 is 0.674 bits per heavy atom. The minimum Gasteiger partial charge on any atom is -0.496 e. The van der Waals surface area contributed by atoms with Gasteiger partial charge in [-0.25, -0.2) is 9.59 Å². The maximum absolute atomic E-state index is 13.5. The van der Waals surface area contributed by atoms with Gasteiger partial charge < -0.3 is 28.8 Å². The summed E-state index contributed by atoms with van der Waals surface area (Å²) < 4.78 is 66.7. The first-order chi connectivity index (χ1) is 20.1. The molecule has 8 nitrogen and oxygen atoms in total. The van der Waals surface area contributed by atoms with Gasteiger partial charge in [0.1, 0.15) is 22.8 Å². The zero-order valence-electron chi connectivity index (χ0n) is 25.4. The van der Waals surface area contributed by atoms with Crippen molar-refractivity contribution in [3.63, 3.8) is 0 Å². The normalized spacial score (nSPS) is 11.2. The number of carboxylic acids is 1. The average Bonchev–Trinajstić information content (AvgIpc) is 2.94. The summed E-state index contributed by atoms with van der Waals surface area (Å²) >= 11 is 0. The number of halogens is 3. The fourth-order valence-electron chi connectivity index (χ4n) is 4.90. The molecule has 0 aliphatic heterocycles. The van der Waals surface area contributed by atoms with Crippen LogP contribution in [0.3, 0.4) is 0 Å². The number of ether oxygens (including phenoxy) is 5. The Balaban J connectivity index is 1.79. The lowest BCUT2D eigenvalue weighted by atomic mass is 9.92. The number of carboxylic acid groups (broad SMARTS) is 1. The number of hydrogen-bond acceptors (Lipinski definition) is 7. The van der Waals surface area contributed by atoms with Gasteiger partial charge in [0.2, 0.25) is 0 Å². The Bertz CT molecular complexity index is 1530. The van der Waals surface area contributed by atoms with Gasteiger partial charge in [0.15, 0.2) is 11.5 Å². The summed E-state index contributed by atoms with van der Waals surface area (Å²) in [7, 11) is 2.79. The minimum atomic E-state index is -4.41. The van der Waals surface area contributed by atoms with Crippen molar-refractivity contribution in [1.29, 1.82) is 0 Å². The van der Waals surface area contributed by atoms with Crippen molar-refractivity contribution in [2.45, 2.75) is 54.1 Å². The van der Waals surface area contributed by atoms with Gasteiger partial charge in [0.25, 0.3) is 0 Å². The number of benzene rings is 3. The fraction of sp³-hybridized carbons (Fsp3) is 0.375. The molecule has 3 rings (SSSR count). The highest BCUT2D eigenvalue weighted by atomic mass is 19.4. The van der Waals surface area contributed by atoms with Crippen LogP contribution < -0.4 is 23.7 Å². The van der Waals surface area contributed by atoms with Crippen LogP contribution in [0.25, 0.3) is 0 Å². The number of carbonyl (C=O) groups excluding carboxylic acids is 1. The molecule has 0 saturated heterocycles. The zero-order valence-corrected chi connectivity index (χ0v) is 25.4. The molecule has 3 aromatic carbocycles. The van der Waals surface area contributed by atoms with E-state index in [1.54, 1.807) is 34.6 Å². The molecule has 0 unspecified atom stereocenters. The molecule has 0 bridgehead atoms. The summed E-state index contributed by atoms with van der Waals surface area (Å²) in [4.78, 5) is 25.4. The van der Waals surface area contributed by atoms with Crippen LogP contribution in [0.4, 0.5) is 13.2 Å². The Labute approximate surface area is 248 Å². The molecule has 0 spiro atoms. The van der Waals surface area contributed by atoms with Gasteiger partial charge in [-0.05, 0) is 82.5 Å². The van der Waals surface area contributed by atoms with Crippen molar-refractivity contribution in [3.05, 3.63) is 74.3 Å². The third-order valence-corrected chi connectivity index (χ3v) is 7.39. The van der Waals surface area contributed by atoms with Gasteiger partial charge in [0.05, 0.1) is 38.6 Å². The van der Waals surface area contributed by atoms with E-state index in [2.05, 4.69) is 0 Å². The highest BCUT2D eigenvalue weighted by Crippen LogP contribution is 2.44. The second-order valence-corrected chi connectivity index (χ2v) is 9.99. The highest BCUT2D eigenvalue weighted by molar-refractivity contribution is 6.01. The van der Waals surface area contributed by atoms with E-state index in [0.29, 0.717) is 57.1 Å². The summed E-state index contributed by atoms with van der Waals surface area (Å²) in [6, 6.07) is 4.47. The first-order valence-corrected chi connectivity index (χ1v) is 13.4. The van der Waals surface area contributed by atoms with Crippen molar-refractivity contribution in [1.82, 2.24) is 0 Å². The van der Waals surface area contributed by atoms with Crippen LogP contribution in [0.15, 0.2) is 24.3 Å². The number of hydrogen-bond donors (Lipinski definition) is 1. The van der Waals surface area contributed by atoms with E-state index in [-0.39, 0.29) is 35.8 Å². The fourth-order valence-corrected chi connectivity index (χ4v) is 4.90. The zero-order chi connectivity index (χ0) is 32.2. The van der Waals surface area contributed by atoms with E-state index >= 15 is 0 Å². The van der Waals surface area contributed by atoms with Crippen LogP contribution in [0.2, 0.25) is 0 Å². The molecule has 0 heterocycles. The monoisotopic (exact) mass is 604 g/mol. The molecule has 11 heteroatoms. The topological polar surface area (TPSA) is 101 Å². The molecule has 0 aromatic heterocycles. The van der Waals surface area contributed by atoms with Crippen molar-refractivity contribution >= 4 is 11.9 Å². The smallest absolute Gasteiger partial charge is 0.416 e. The van der Waals surface area contributed by atoms with Gasteiger partial charge in [-0.3, -0.25) is 0 Å². The largest absolute Gasteiger partial charge is 0.496 e. The van der Waals surface area contributed by atoms with Crippen molar-refractivity contribution < 1.29 is 51.6 Å². The summed E-state index contributed by atoms with van der Waals surface area (Å²) in [6.45, 7) is 10.7. The molecule has 0 amide bonds. The maximum atomic E-state index is 13.5. The van der Waals surface area contributed by atoms with Crippen molar-refractivity contribution in [2.24, 2.45) is 0 Å². The van der Waals surface area contributed by atoms with Crippen LogP contribution in [-0.2, 0) is 6.18 Å². The van der Waals surface area contributed by atoms with Crippen LogP contribution >= 0.6 is 0 Å². The van der Waals surface area contributed by atoms with Gasteiger partial charge in [-0.2, -0.15) is 13.2 Å². The first-order valence-electron chi connectivity index (χ1n) is 13.4. The van der Waals surface area contributed by atoms with E-state index < -0.39 is 23.7 Å². The van der Waals surface area contributed by atoms with Gasteiger partial charge in [0, 0.05) is 23.1 Å². The first kappa shape index (κ1) is 33.1. The molecule has 0 atom stereocenters. The van der Waals surface area contributed by atoms with Crippen LogP contribution in [0.1, 0.15) is 66.1 Å². The second kappa shape index (κ2) is 13.3. The summed E-state index contributed by atoms with van der Waals surface area (Å²) in [5.41, 5.74) is 2.56. The Morgan fingerprint density at radius 3 is 1.74 bits per heavy atom. The average molecular weight is 605 g/mol. The minimum absolute atomic E-state index is 0.0132. The third kappa shape index (κ3) is 6.81. The molecule has 0 aliphatic rings. The number of aromatic carboxylic acids is 1. The molecule has 0 saturated carbocycles. The predicted molar refractivity (Wildman–Crippen MR) is 153 cm³/mol. The molecule has 43 heavy (non-hydrogen) atoms. The molecular weight excluding hydrogens is 569 g/mol. The van der Waals surface area contributed by atoms with E-state index in [4.69, 9.17) is 23.7 Å².